The van der Waals surface area contributed by atoms with Gasteiger partial charge < -0.3 is 10.4 Å². The van der Waals surface area contributed by atoms with Crippen LogP contribution in [0.3, 0.4) is 0 Å². The topological polar surface area (TPSA) is 89.2 Å². The summed E-state index contributed by atoms with van der Waals surface area (Å²) < 4.78 is 39.5. The predicted molar refractivity (Wildman–Crippen MR) is 100 cm³/mol. The molecule has 2 heterocycles. The second kappa shape index (κ2) is 8.03. The van der Waals surface area contributed by atoms with Crippen LogP contribution >= 0.6 is 11.8 Å². The molecule has 3 aromatic rings. The molecule has 152 valence electrons. The molecule has 29 heavy (non-hydrogen) atoms. The van der Waals surface area contributed by atoms with Gasteiger partial charge in [-0.15, -0.1) is 0 Å². The molecule has 0 aliphatic carbocycles. The molecule has 0 radical (unpaired) electrons. The summed E-state index contributed by atoms with van der Waals surface area (Å²) in [4.78, 5) is 28.5. The Hall–Kier alpha value is -3.21. The van der Waals surface area contributed by atoms with Crippen molar-refractivity contribution in [2.75, 3.05) is 7.05 Å². The van der Waals surface area contributed by atoms with Gasteiger partial charge in [0.2, 0.25) is 5.88 Å². The predicted octanol–water partition coefficient (Wildman–Crippen LogP) is 2.76. The number of carbonyl (C=O) groups excluding carboxylic acids is 1. The molecule has 0 aliphatic rings. The Bertz CT molecular complexity index is 1090. The number of pyridine rings is 1. The van der Waals surface area contributed by atoms with Gasteiger partial charge in [0.15, 0.2) is 0 Å². The highest BCUT2D eigenvalue weighted by Crippen LogP contribution is 2.37. The number of aromatic hydroxyl groups is 1. The first-order valence-electron chi connectivity index (χ1n) is 8.22. The van der Waals surface area contributed by atoms with Crippen molar-refractivity contribution in [1.82, 2.24) is 19.4 Å². The normalized spacial score (nSPS) is 11.4. The van der Waals surface area contributed by atoms with E-state index < -0.39 is 11.2 Å². The first-order chi connectivity index (χ1) is 13.7. The van der Waals surface area contributed by atoms with Gasteiger partial charge in [-0.3, -0.25) is 14.3 Å². The minimum Gasteiger partial charge on any atom is -0.493 e. The SMILES string of the molecule is CNC(=O)c1cnccc1Cn1cc(O)n(-c2ccc(SC(F)(F)F)cc2)c1=O. The summed E-state index contributed by atoms with van der Waals surface area (Å²) in [5.41, 5.74) is -4.03. The Morgan fingerprint density at radius 3 is 2.55 bits per heavy atom. The van der Waals surface area contributed by atoms with E-state index in [-0.39, 0.29) is 46.2 Å². The molecule has 11 heteroatoms. The van der Waals surface area contributed by atoms with Crippen molar-refractivity contribution in [2.45, 2.75) is 16.9 Å². The van der Waals surface area contributed by atoms with Gasteiger partial charge in [0.25, 0.3) is 5.91 Å². The fraction of sp³-hybridized carbons (Fsp3) is 0.167. The number of aromatic nitrogens is 3. The zero-order valence-corrected chi connectivity index (χ0v) is 15.8. The van der Waals surface area contributed by atoms with Crippen molar-refractivity contribution < 1.29 is 23.1 Å². The molecule has 1 aromatic carbocycles. The Kier molecular flexibility index (Phi) is 5.69. The molecular weight excluding hydrogens is 409 g/mol. The summed E-state index contributed by atoms with van der Waals surface area (Å²) in [5.74, 6) is -0.760. The summed E-state index contributed by atoms with van der Waals surface area (Å²) >= 11 is -0.272. The van der Waals surface area contributed by atoms with Crippen LogP contribution in [0.4, 0.5) is 13.2 Å². The summed E-state index contributed by atoms with van der Waals surface area (Å²) in [6.45, 7) is -0.00727. The second-order valence-electron chi connectivity index (χ2n) is 5.89. The van der Waals surface area contributed by atoms with Gasteiger partial charge in [-0.25, -0.2) is 9.36 Å². The number of amides is 1. The van der Waals surface area contributed by atoms with Gasteiger partial charge in [0.05, 0.1) is 24.0 Å². The maximum Gasteiger partial charge on any atom is 0.446 e. The van der Waals surface area contributed by atoms with Crippen LogP contribution in [0, 0.1) is 0 Å². The molecule has 2 aromatic heterocycles. The summed E-state index contributed by atoms with van der Waals surface area (Å²) in [6, 6.07) is 6.62. The van der Waals surface area contributed by atoms with Crippen LogP contribution in [0.15, 0.2) is 58.6 Å². The van der Waals surface area contributed by atoms with Crippen molar-refractivity contribution in [1.29, 1.82) is 0 Å². The minimum absolute atomic E-state index is 0.00727. The average Bonchev–Trinajstić information content (AvgIpc) is 2.94. The number of imidazole rings is 1. The maximum atomic E-state index is 12.7. The second-order valence-corrected chi connectivity index (χ2v) is 7.03. The number of nitrogens with one attached hydrogen (secondary N) is 1. The highest BCUT2D eigenvalue weighted by atomic mass is 32.2. The van der Waals surface area contributed by atoms with Crippen molar-refractivity contribution in [3.05, 3.63) is 70.5 Å². The van der Waals surface area contributed by atoms with E-state index in [0.29, 0.717) is 5.56 Å². The van der Waals surface area contributed by atoms with Gasteiger partial charge in [-0.1, -0.05) is 0 Å². The number of rotatable bonds is 5. The molecule has 0 unspecified atom stereocenters. The van der Waals surface area contributed by atoms with E-state index >= 15 is 0 Å². The van der Waals surface area contributed by atoms with Crippen LogP contribution in [-0.2, 0) is 6.54 Å². The third-order valence-electron chi connectivity index (χ3n) is 3.99. The van der Waals surface area contributed by atoms with Crippen LogP contribution < -0.4 is 11.0 Å². The Labute approximate surface area is 166 Å². The molecule has 0 bridgehead atoms. The van der Waals surface area contributed by atoms with E-state index in [9.17, 15) is 27.9 Å². The number of hydrogen-bond donors (Lipinski definition) is 2. The van der Waals surface area contributed by atoms with E-state index in [4.69, 9.17) is 0 Å². The van der Waals surface area contributed by atoms with Crippen molar-refractivity contribution in [2.24, 2.45) is 0 Å². The monoisotopic (exact) mass is 424 g/mol. The molecule has 0 aliphatic heterocycles. The number of carbonyl (C=O) groups is 1. The minimum atomic E-state index is -4.42. The van der Waals surface area contributed by atoms with Crippen LogP contribution in [0.1, 0.15) is 15.9 Å². The number of hydrogen-bond acceptors (Lipinski definition) is 5. The number of alkyl halides is 3. The maximum absolute atomic E-state index is 12.7. The molecule has 1 amide bonds. The third-order valence-corrected chi connectivity index (χ3v) is 4.73. The number of nitrogens with zero attached hydrogens (tertiary/aromatic N) is 3. The van der Waals surface area contributed by atoms with Crippen molar-refractivity contribution in [3.8, 4) is 11.6 Å². The summed E-state index contributed by atoms with van der Waals surface area (Å²) in [6.07, 6.45) is 4.03. The van der Waals surface area contributed by atoms with Gasteiger partial charge >= 0.3 is 11.2 Å². The van der Waals surface area contributed by atoms with E-state index in [0.717, 1.165) is 4.57 Å². The van der Waals surface area contributed by atoms with Gasteiger partial charge in [0, 0.05) is 24.3 Å². The lowest BCUT2D eigenvalue weighted by Crippen LogP contribution is -2.25. The lowest BCUT2D eigenvalue weighted by molar-refractivity contribution is -0.0328. The summed E-state index contributed by atoms with van der Waals surface area (Å²) in [5, 5.41) is 12.7. The third kappa shape index (κ3) is 4.62. The average molecular weight is 424 g/mol. The van der Waals surface area contributed by atoms with E-state index in [2.05, 4.69) is 10.3 Å². The van der Waals surface area contributed by atoms with Crippen molar-refractivity contribution >= 4 is 17.7 Å². The zero-order valence-electron chi connectivity index (χ0n) is 15.0. The number of benzene rings is 1. The number of thioether (sulfide) groups is 1. The van der Waals surface area contributed by atoms with Crippen LogP contribution in [-0.4, -0.2) is 37.7 Å². The highest BCUT2D eigenvalue weighted by molar-refractivity contribution is 8.00. The van der Waals surface area contributed by atoms with Gasteiger partial charge in [-0.2, -0.15) is 13.2 Å². The highest BCUT2D eigenvalue weighted by Gasteiger charge is 2.29. The first kappa shape index (κ1) is 20.5. The van der Waals surface area contributed by atoms with Gasteiger partial charge in [-0.05, 0) is 47.7 Å². The molecule has 2 N–H and O–H groups in total. The largest absolute Gasteiger partial charge is 0.493 e. The molecule has 0 saturated heterocycles. The van der Waals surface area contributed by atoms with Crippen LogP contribution in [0.25, 0.3) is 5.69 Å². The van der Waals surface area contributed by atoms with Gasteiger partial charge in [0.1, 0.15) is 0 Å². The molecule has 0 atom stereocenters. The fourth-order valence-corrected chi connectivity index (χ4v) is 3.25. The lowest BCUT2D eigenvalue weighted by Gasteiger charge is -2.08. The Morgan fingerprint density at radius 1 is 1.24 bits per heavy atom. The molecule has 0 fully saturated rings. The number of halogens is 3. The van der Waals surface area contributed by atoms with Crippen LogP contribution in [0.2, 0.25) is 0 Å². The smallest absolute Gasteiger partial charge is 0.446 e. The Balaban J connectivity index is 1.92. The zero-order chi connectivity index (χ0) is 21.2. The molecule has 7 nitrogen and oxygen atoms in total. The molecule has 0 spiro atoms. The fourth-order valence-electron chi connectivity index (χ4n) is 2.72. The lowest BCUT2D eigenvalue weighted by atomic mass is 10.1. The standard InChI is InChI=1S/C18H15F3N4O3S/c1-22-16(27)14-8-23-7-6-11(14)9-24-10-15(26)25(17(24)28)12-2-4-13(5-3-12)29-18(19,20)21/h2-8,10,26H,9H2,1H3,(H,22,27). The first-order valence-corrected chi connectivity index (χ1v) is 9.03. The van der Waals surface area contributed by atoms with E-state index in [1.165, 1.54) is 54.5 Å². The molecule has 0 saturated carbocycles. The molecular formula is C18H15F3N4O3S. The summed E-state index contributed by atoms with van der Waals surface area (Å²) in [7, 11) is 1.47. The molecule has 3 rings (SSSR count). The van der Waals surface area contributed by atoms with Crippen LogP contribution in [0.5, 0.6) is 5.88 Å². The van der Waals surface area contributed by atoms with E-state index in [1.807, 2.05) is 0 Å². The quantitative estimate of drug-likeness (QED) is 0.615. The van der Waals surface area contributed by atoms with E-state index in [1.54, 1.807) is 6.07 Å². The Morgan fingerprint density at radius 2 is 1.93 bits per heavy atom. The van der Waals surface area contributed by atoms with Crippen molar-refractivity contribution in [3.63, 3.8) is 0 Å².